The van der Waals surface area contributed by atoms with Crippen LogP contribution in [0.15, 0.2) is 0 Å². The minimum atomic E-state index is -0.442. The number of rotatable bonds is 6. The number of aliphatic hydroxyl groups excluding tert-OH is 1. The largest absolute Gasteiger partial charge is 0.444 e. The molecule has 2 aliphatic rings. The van der Waals surface area contributed by atoms with Crippen molar-refractivity contribution in [3.05, 3.63) is 0 Å². The molecule has 1 aliphatic heterocycles. The van der Waals surface area contributed by atoms with E-state index < -0.39 is 5.60 Å². The first-order valence-corrected chi connectivity index (χ1v) is 9.09. The van der Waals surface area contributed by atoms with Crippen LogP contribution in [0.3, 0.4) is 0 Å². The summed E-state index contributed by atoms with van der Waals surface area (Å²) >= 11 is 0. The summed E-state index contributed by atoms with van der Waals surface area (Å²) in [4.78, 5) is 14.4. The average Bonchev–Trinajstić information content (AvgIpc) is 3.24. The topological polar surface area (TPSA) is 61.8 Å². The SMILES string of the molecule is CC(CC1CCCCN1C(=O)OC(C)(C)C)NCC1(CO)CC1. The van der Waals surface area contributed by atoms with Crippen molar-refractivity contribution in [2.75, 3.05) is 19.7 Å². The van der Waals surface area contributed by atoms with Crippen LogP contribution in [0.2, 0.25) is 0 Å². The zero-order chi connectivity index (χ0) is 17.1. The number of hydrogen-bond acceptors (Lipinski definition) is 4. The smallest absolute Gasteiger partial charge is 0.410 e. The van der Waals surface area contributed by atoms with E-state index in [-0.39, 0.29) is 24.2 Å². The Morgan fingerprint density at radius 2 is 2.09 bits per heavy atom. The molecule has 0 aromatic heterocycles. The van der Waals surface area contributed by atoms with Crippen molar-refractivity contribution >= 4 is 6.09 Å². The van der Waals surface area contributed by atoms with Gasteiger partial charge >= 0.3 is 6.09 Å². The first-order chi connectivity index (χ1) is 10.7. The van der Waals surface area contributed by atoms with Gasteiger partial charge in [-0.25, -0.2) is 4.79 Å². The van der Waals surface area contributed by atoms with Gasteiger partial charge in [-0.2, -0.15) is 0 Å². The van der Waals surface area contributed by atoms with Crippen molar-refractivity contribution in [2.24, 2.45) is 5.41 Å². The standard InChI is InChI=1S/C18H34N2O3/c1-14(19-12-18(13-21)8-9-18)11-15-7-5-6-10-20(15)16(22)23-17(2,3)4/h14-15,19,21H,5-13H2,1-4H3. The molecule has 2 N–H and O–H groups in total. The lowest BCUT2D eigenvalue weighted by Gasteiger charge is -2.38. The number of nitrogens with one attached hydrogen (secondary N) is 1. The number of amides is 1. The van der Waals surface area contributed by atoms with Crippen molar-refractivity contribution in [3.8, 4) is 0 Å². The van der Waals surface area contributed by atoms with Gasteiger partial charge in [0.25, 0.3) is 0 Å². The van der Waals surface area contributed by atoms with Crippen molar-refractivity contribution in [1.82, 2.24) is 10.2 Å². The molecule has 1 amide bonds. The van der Waals surface area contributed by atoms with Crippen LogP contribution in [0.1, 0.15) is 66.2 Å². The van der Waals surface area contributed by atoms with Gasteiger partial charge in [0, 0.05) is 37.2 Å². The van der Waals surface area contributed by atoms with Crippen molar-refractivity contribution in [3.63, 3.8) is 0 Å². The molecule has 1 aliphatic carbocycles. The van der Waals surface area contributed by atoms with Crippen LogP contribution < -0.4 is 5.32 Å². The fourth-order valence-corrected chi connectivity index (χ4v) is 3.26. The quantitative estimate of drug-likeness (QED) is 0.788. The van der Waals surface area contributed by atoms with Gasteiger partial charge in [-0.15, -0.1) is 0 Å². The molecule has 2 unspecified atom stereocenters. The molecular formula is C18H34N2O3. The Morgan fingerprint density at radius 1 is 1.39 bits per heavy atom. The monoisotopic (exact) mass is 326 g/mol. The van der Waals surface area contributed by atoms with Gasteiger partial charge in [0.1, 0.15) is 5.60 Å². The molecule has 2 rings (SSSR count). The van der Waals surface area contributed by atoms with E-state index in [1.807, 2.05) is 25.7 Å². The van der Waals surface area contributed by atoms with Crippen molar-refractivity contribution in [1.29, 1.82) is 0 Å². The normalized spacial score (nSPS) is 25.1. The summed E-state index contributed by atoms with van der Waals surface area (Å²) < 4.78 is 5.56. The number of carbonyl (C=O) groups excluding carboxylic acids is 1. The lowest BCUT2D eigenvalue weighted by molar-refractivity contribution is 0.00782. The summed E-state index contributed by atoms with van der Waals surface area (Å²) in [5, 5.41) is 13.0. The number of aliphatic hydroxyl groups is 1. The second-order valence-corrected chi connectivity index (χ2v) is 8.50. The van der Waals surface area contributed by atoms with E-state index in [1.165, 1.54) is 6.42 Å². The van der Waals surface area contributed by atoms with Crippen LogP contribution in [-0.4, -0.2) is 53.5 Å². The minimum Gasteiger partial charge on any atom is -0.444 e. The second-order valence-electron chi connectivity index (χ2n) is 8.50. The van der Waals surface area contributed by atoms with Crippen LogP contribution in [0.4, 0.5) is 4.79 Å². The number of ether oxygens (including phenoxy) is 1. The molecule has 23 heavy (non-hydrogen) atoms. The third kappa shape index (κ3) is 5.64. The van der Waals surface area contributed by atoms with Crippen molar-refractivity contribution < 1.29 is 14.6 Å². The molecule has 5 nitrogen and oxygen atoms in total. The summed E-state index contributed by atoms with van der Waals surface area (Å²) in [7, 11) is 0. The molecule has 134 valence electrons. The number of hydrogen-bond donors (Lipinski definition) is 2. The first-order valence-electron chi connectivity index (χ1n) is 9.09. The minimum absolute atomic E-state index is 0.131. The van der Waals surface area contributed by atoms with Crippen molar-refractivity contribution in [2.45, 2.75) is 83.9 Å². The molecular weight excluding hydrogens is 292 g/mol. The lowest BCUT2D eigenvalue weighted by atomic mass is 9.96. The van der Waals surface area contributed by atoms with Gasteiger partial charge in [-0.1, -0.05) is 0 Å². The van der Waals surface area contributed by atoms with Gasteiger partial charge < -0.3 is 20.1 Å². The second kappa shape index (κ2) is 7.39. The first kappa shape index (κ1) is 18.5. The van der Waals surface area contributed by atoms with Crippen LogP contribution in [0.5, 0.6) is 0 Å². The fourth-order valence-electron chi connectivity index (χ4n) is 3.26. The van der Waals surface area contributed by atoms with E-state index >= 15 is 0 Å². The number of likely N-dealkylation sites (tertiary alicyclic amines) is 1. The maximum absolute atomic E-state index is 12.4. The predicted molar refractivity (Wildman–Crippen MR) is 91.4 cm³/mol. The molecule has 0 aromatic carbocycles. The maximum atomic E-state index is 12.4. The molecule has 0 spiro atoms. The fraction of sp³-hybridized carbons (Fsp3) is 0.944. The summed E-state index contributed by atoms with van der Waals surface area (Å²) in [6, 6.07) is 0.595. The highest BCUT2D eigenvalue weighted by Crippen LogP contribution is 2.44. The maximum Gasteiger partial charge on any atom is 0.410 e. The Hall–Kier alpha value is -0.810. The van der Waals surface area contributed by atoms with E-state index in [4.69, 9.17) is 4.74 Å². The summed E-state index contributed by atoms with van der Waals surface area (Å²) in [5.41, 5.74) is -0.311. The van der Waals surface area contributed by atoms with Gasteiger partial charge in [0.2, 0.25) is 0 Å². The predicted octanol–water partition coefficient (Wildman–Crippen LogP) is 2.92. The Kier molecular flexibility index (Phi) is 5.95. The molecule has 1 saturated heterocycles. The van der Waals surface area contributed by atoms with E-state index in [0.717, 1.165) is 45.2 Å². The summed E-state index contributed by atoms with van der Waals surface area (Å²) in [5.74, 6) is 0. The molecule has 0 bridgehead atoms. The molecule has 1 heterocycles. The molecule has 5 heteroatoms. The molecule has 1 saturated carbocycles. The number of carbonyl (C=O) groups is 1. The average molecular weight is 326 g/mol. The third-order valence-corrected chi connectivity index (χ3v) is 5.00. The van der Waals surface area contributed by atoms with E-state index in [2.05, 4.69) is 12.2 Å². The van der Waals surface area contributed by atoms with E-state index in [0.29, 0.717) is 6.04 Å². The van der Waals surface area contributed by atoms with E-state index in [1.54, 1.807) is 0 Å². The third-order valence-electron chi connectivity index (χ3n) is 5.00. The Bertz CT molecular complexity index is 402. The zero-order valence-corrected chi connectivity index (χ0v) is 15.2. The molecule has 2 fully saturated rings. The number of nitrogens with zero attached hydrogens (tertiary/aromatic N) is 1. The van der Waals surface area contributed by atoms with Crippen LogP contribution in [0.25, 0.3) is 0 Å². The Morgan fingerprint density at radius 3 is 2.65 bits per heavy atom. The van der Waals surface area contributed by atoms with Gasteiger partial charge in [-0.3, -0.25) is 0 Å². The van der Waals surface area contributed by atoms with Crippen LogP contribution in [0, 0.1) is 5.41 Å². The van der Waals surface area contributed by atoms with E-state index in [9.17, 15) is 9.90 Å². The Balaban J connectivity index is 1.84. The zero-order valence-electron chi connectivity index (χ0n) is 15.2. The molecule has 0 radical (unpaired) electrons. The summed E-state index contributed by atoms with van der Waals surface area (Å²) in [6.07, 6.45) is 6.30. The highest BCUT2D eigenvalue weighted by molar-refractivity contribution is 5.68. The molecule has 0 aromatic rings. The van der Waals surface area contributed by atoms with Crippen LogP contribution >= 0.6 is 0 Å². The highest BCUT2D eigenvalue weighted by Gasteiger charge is 2.42. The van der Waals surface area contributed by atoms with Gasteiger partial charge in [0.05, 0.1) is 0 Å². The Labute approximate surface area is 140 Å². The highest BCUT2D eigenvalue weighted by atomic mass is 16.6. The lowest BCUT2D eigenvalue weighted by Crippen LogP contribution is -2.48. The van der Waals surface area contributed by atoms with Crippen LogP contribution in [-0.2, 0) is 4.74 Å². The van der Waals surface area contributed by atoms with Gasteiger partial charge in [0.15, 0.2) is 0 Å². The summed E-state index contributed by atoms with van der Waals surface area (Å²) in [6.45, 7) is 9.88. The van der Waals surface area contributed by atoms with Gasteiger partial charge in [-0.05, 0) is 66.2 Å². The number of piperidine rings is 1. The molecule has 2 atom stereocenters.